The Bertz CT molecular complexity index is 918. The molecule has 25 heavy (non-hydrogen) atoms. The zero-order valence-corrected chi connectivity index (χ0v) is 14.8. The number of nitrogens with two attached hydrogens (primary N) is 1. The van der Waals surface area contributed by atoms with E-state index >= 15 is 0 Å². The SMILES string of the molecule is COc1cc(-c2cccc(-c3cccc(C)c3)c2C)cc(F)c1CN. The van der Waals surface area contributed by atoms with Gasteiger partial charge in [0.1, 0.15) is 11.6 Å². The molecule has 3 rings (SSSR count). The Balaban J connectivity index is 2.16. The third-order valence-electron chi connectivity index (χ3n) is 4.55. The molecule has 3 heteroatoms. The van der Waals surface area contributed by atoms with E-state index in [4.69, 9.17) is 10.5 Å². The fourth-order valence-corrected chi connectivity index (χ4v) is 3.22. The van der Waals surface area contributed by atoms with E-state index in [0.29, 0.717) is 11.3 Å². The van der Waals surface area contributed by atoms with Crippen LogP contribution in [-0.2, 0) is 6.54 Å². The minimum Gasteiger partial charge on any atom is -0.496 e. The van der Waals surface area contributed by atoms with Crippen LogP contribution in [0.4, 0.5) is 4.39 Å². The smallest absolute Gasteiger partial charge is 0.132 e. The molecule has 0 radical (unpaired) electrons. The molecular formula is C22H22FNO. The molecule has 0 aliphatic rings. The summed E-state index contributed by atoms with van der Waals surface area (Å²) in [5.41, 5.74) is 12.4. The zero-order valence-electron chi connectivity index (χ0n) is 14.8. The lowest BCUT2D eigenvalue weighted by Gasteiger charge is -2.15. The van der Waals surface area contributed by atoms with Gasteiger partial charge in [-0.3, -0.25) is 0 Å². The second-order valence-electron chi connectivity index (χ2n) is 6.19. The first-order valence-corrected chi connectivity index (χ1v) is 8.28. The van der Waals surface area contributed by atoms with E-state index in [1.165, 1.54) is 18.7 Å². The molecule has 0 unspecified atom stereocenters. The highest BCUT2D eigenvalue weighted by atomic mass is 19.1. The van der Waals surface area contributed by atoms with E-state index in [-0.39, 0.29) is 12.4 Å². The monoisotopic (exact) mass is 335 g/mol. The number of rotatable bonds is 4. The predicted molar refractivity (Wildman–Crippen MR) is 101 cm³/mol. The van der Waals surface area contributed by atoms with Crippen LogP contribution in [0.15, 0.2) is 54.6 Å². The summed E-state index contributed by atoms with van der Waals surface area (Å²) in [5, 5.41) is 0. The number of aryl methyl sites for hydroxylation is 1. The third kappa shape index (κ3) is 3.28. The molecule has 3 aromatic carbocycles. The molecule has 128 valence electrons. The van der Waals surface area contributed by atoms with Crippen LogP contribution in [-0.4, -0.2) is 7.11 Å². The van der Waals surface area contributed by atoms with E-state index in [2.05, 4.69) is 44.2 Å². The van der Waals surface area contributed by atoms with Crippen molar-refractivity contribution in [2.45, 2.75) is 20.4 Å². The lowest BCUT2D eigenvalue weighted by molar-refractivity contribution is 0.405. The van der Waals surface area contributed by atoms with Gasteiger partial charge in [0.2, 0.25) is 0 Å². The molecule has 0 saturated carbocycles. The molecule has 0 fully saturated rings. The summed E-state index contributed by atoms with van der Waals surface area (Å²) < 4.78 is 19.8. The van der Waals surface area contributed by atoms with Crippen LogP contribution >= 0.6 is 0 Å². The number of benzene rings is 3. The zero-order chi connectivity index (χ0) is 18.0. The van der Waals surface area contributed by atoms with Gasteiger partial charge in [0.25, 0.3) is 0 Å². The average molecular weight is 335 g/mol. The van der Waals surface area contributed by atoms with Crippen LogP contribution in [0.2, 0.25) is 0 Å². The molecule has 3 aromatic rings. The number of hydrogen-bond acceptors (Lipinski definition) is 2. The van der Waals surface area contributed by atoms with Crippen LogP contribution in [0.5, 0.6) is 5.75 Å². The Kier molecular flexibility index (Phi) is 4.86. The average Bonchev–Trinajstić information content (AvgIpc) is 2.61. The van der Waals surface area contributed by atoms with Gasteiger partial charge in [-0.1, -0.05) is 48.0 Å². The Hall–Kier alpha value is -2.65. The van der Waals surface area contributed by atoms with E-state index in [9.17, 15) is 4.39 Å². The molecule has 2 N–H and O–H groups in total. The molecule has 0 spiro atoms. The van der Waals surface area contributed by atoms with Crippen molar-refractivity contribution in [2.24, 2.45) is 5.73 Å². The Morgan fingerprint density at radius 3 is 2.24 bits per heavy atom. The van der Waals surface area contributed by atoms with Gasteiger partial charge in [0, 0.05) is 12.1 Å². The first-order chi connectivity index (χ1) is 12.0. The normalized spacial score (nSPS) is 10.8. The first kappa shape index (κ1) is 17.2. The molecule has 2 nitrogen and oxygen atoms in total. The summed E-state index contributed by atoms with van der Waals surface area (Å²) in [5.74, 6) is 0.148. The maximum atomic E-state index is 14.4. The second kappa shape index (κ2) is 7.08. The highest BCUT2D eigenvalue weighted by Crippen LogP contribution is 2.35. The summed E-state index contributed by atoms with van der Waals surface area (Å²) in [4.78, 5) is 0. The highest BCUT2D eigenvalue weighted by molar-refractivity contribution is 5.79. The van der Waals surface area contributed by atoms with Gasteiger partial charge in [-0.25, -0.2) is 4.39 Å². The van der Waals surface area contributed by atoms with Crippen molar-refractivity contribution < 1.29 is 9.13 Å². The van der Waals surface area contributed by atoms with Crippen molar-refractivity contribution in [1.82, 2.24) is 0 Å². The lowest BCUT2D eigenvalue weighted by Crippen LogP contribution is -2.03. The Labute approximate surface area is 148 Å². The fourth-order valence-electron chi connectivity index (χ4n) is 3.22. The van der Waals surface area contributed by atoms with Crippen molar-refractivity contribution in [2.75, 3.05) is 7.11 Å². The van der Waals surface area contributed by atoms with Gasteiger partial charge in [-0.2, -0.15) is 0 Å². The topological polar surface area (TPSA) is 35.2 Å². The van der Waals surface area contributed by atoms with Gasteiger partial charge in [-0.15, -0.1) is 0 Å². The number of halogens is 1. The fraction of sp³-hybridized carbons (Fsp3) is 0.182. The predicted octanol–water partition coefficient (Wildman–Crippen LogP) is 5.24. The summed E-state index contributed by atoms with van der Waals surface area (Å²) >= 11 is 0. The van der Waals surface area contributed by atoms with Gasteiger partial charge in [0.05, 0.1) is 7.11 Å². The minimum atomic E-state index is -0.336. The van der Waals surface area contributed by atoms with Crippen LogP contribution in [0.3, 0.4) is 0 Å². The van der Waals surface area contributed by atoms with Crippen molar-refractivity contribution in [1.29, 1.82) is 0 Å². The van der Waals surface area contributed by atoms with Gasteiger partial charge < -0.3 is 10.5 Å². The number of hydrogen-bond donors (Lipinski definition) is 1. The van der Waals surface area contributed by atoms with E-state index in [0.717, 1.165) is 27.8 Å². The molecule has 0 aliphatic heterocycles. The summed E-state index contributed by atoms with van der Waals surface area (Å²) in [6.45, 7) is 4.25. The summed E-state index contributed by atoms with van der Waals surface area (Å²) in [7, 11) is 1.54. The highest BCUT2D eigenvalue weighted by Gasteiger charge is 2.14. The molecular weight excluding hydrogens is 313 g/mol. The minimum absolute atomic E-state index is 0.109. The quantitative estimate of drug-likeness (QED) is 0.707. The summed E-state index contributed by atoms with van der Waals surface area (Å²) in [6.07, 6.45) is 0. The van der Waals surface area contributed by atoms with Crippen LogP contribution < -0.4 is 10.5 Å². The molecule has 0 heterocycles. The number of ether oxygens (including phenoxy) is 1. The maximum Gasteiger partial charge on any atom is 0.132 e. The van der Waals surface area contributed by atoms with Gasteiger partial charge >= 0.3 is 0 Å². The Morgan fingerprint density at radius 2 is 1.60 bits per heavy atom. The lowest BCUT2D eigenvalue weighted by atomic mass is 9.91. The third-order valence-corrected chi connectivity index (χ3v) is 4.55. The van der Waals surface area contributed by atoms with Crippen LogP contribution in [0.25, 0.3) is 22.3 Å². The van der Waals surface area contributed by atoms with E-state index < -0.39 is 0 Å². The van der Waals surface area contributed by atoms with Crippen molar-refractivity contribution >= 4 is 0 Å². The number of methoxy groups -OCH3 is 1. The second-order valence-corrected chi connectivity index (χ2v) is 6.19. The van der Waals surface area contributed by atoms with Gasteiger partial charge in [-0.05, 0) is 53.8 Å². The van der Waals surface area contributed by atoms with Crippen molar-refractivity contribution in [3.05, 3.63) is 77.1 Å². The molecule has 0 saturated heterocycles. The Morgan fingerprint density at radius 1 is 0.920 bits per heavy atom. The molecule has 0 aromatic heterocycles. The summed E-state index contributed by atoms with van der Waals surface area (Å²) in [6, 6.07) is 17.9. The molecule has 0 aliphatic carbocycles. The van der Waals surface area contributed by atoms with Crippen molar-refractivity contribution in [3.8, 4) is 28.0 Å². The molecule has 0 amide bonds. The standard InChI is InChI=1S/C22H22FNO/c1-14-6-4-7-16(10-14)18-8-5-9-19(15(18)2)17-11-21(23)20(13-24)22(12-17)25-3/h4-12H,13,24H2,1-3H3. The maximum absolute atomic E-state index is 14.4. The van der Waals surface area contributed by atoms with E-state index in [1.54, 1.807) is 0 Å². The molecule has 0 bridgehead atoms. The van der Waals surface area contributed by atoms with Crippen LogP contribution in [0.1, 0.15) is 16.7 Å². The van der Waals surface area contributed by atoms with Gasteiger partial charge in [0.15, 0.2) is 0 Å². The van der Waals surface area contributed by atoms with Crippen LogP contribution in [0, 0.1) is 19.7 Å². The molecule has 0 atom stereocenters. The van der Waals surface area contributed by atoms with E-state index in [1.807, 2.05) is 18.2 Å². The van der Waals surface area contributed by atoms with Crippen molar-refractivity contribution in [3.63, 3.8) is 0 Å². The largest absolute Gasteiger partial charge is 0.496 e. The first-order valence-electron chi connectivity index (χ1n) is 8.28.